The number of nitrogens with two attached hydrogens (primary N) is 1. The number of nitrogens with one attached hydrogen (secondary N) is 2. The zero-order chi connectivity index (χ0) is 21.0. The summed E-state index contributed by atoms with van der Waals surface area (Å²) in [5, 5.41) is 14.1. The molecule has 29 heavy (non-hydrogen) atoms. The number of carbonyl (C=O) groups excluding carboxylic acids is 1. The van der Waals surface area contributed by atoms with E-state index in [0.717, 1.165) is 5.69 Å². The van der Waals surface area contributed by atoms with Crippen molar-refractivity contribution in [1.82, 2.24) is 20.0 Å². The maximum absolute atomic E-state index is 12.3. The van der Waals surface area contributed by atoms with E-state index < -0.39 is 6.09 Å². The third-order valence-electron chi connectivity index (χ3n) is 4.14. The second-order valence-corrected chi connectivity index (χ2v) is 7.05. The standard InChI is InChI=1S/C19H23ClN6O3/c1-11(2)15-9-17(25-24-15)29-19(27)23-12-4-5-16(28-7-6-21)13(8-12)18-14(20)10-22-26(18)3/h4-5,8-11H,6-7,21H2,1-3H3,(H,23,27)(H,24,25). The second kappa shape index (κ2) is 8.97. The minimum absolute atomic E-state index is 0.198. The Morgan fingerprint density at radius 2 is 2.17 bits per heavy atom. The summed E-state index contributed by atoms with van der Waals surface area (Å²) in [6, 6.07) is 6.86. The number of rotatable bonds is 7. The average molecular weight is 419 g/mol. The maximum atomic E-state index is 12.3. The SMILES string of the molecule is CC(C)c1cc(OC(=O)Nc2ccc(OCCN)c(-c3c(Cl)cnn3C)c2)n[nH]1. The van der Waals surface area contributed by atoms with E-state index in [1.165, 1.54) is 0 Å². The largest absolute Gasteiger partial charge is 0.492 e. The van der Waals surface area contributed by atoms with Crippen molar-refractivity contribution in [1.29, 1.82) is 0 Å². The summed E-state index contributed by atoms with van der Waals surface area (Å²) in [7, 11) is 1.77. The minimum atomic E-state index is -0.663. The number of halogens is 1. The fourth-order valence-corrected chi connectivity index (χ4v) is 2.97. The summed E-state index contributed by atoms with van der Waals surface area (Å²) >= 11 is 6.29. The molecule has 0 atom stereocenters. The monoisotopic (exact) mass is 418 g/mol. The molecule has 1 aromatic carbocycles. The number of anilines is 1. The van der Waals surface area contributed by atoms with Crippen LogP contribution in [0.25, 0.3) is 11.3 Å². The Balaban J connectivity index is 1.82. The second-order valence-electron chi connectivity index (χ2n) is 6.64. The number of benzene rings is 1. The van der Waals surface area contributed by atoms with Gasteiger partial charge >= 0.3 is 6.09 Å². The normalized spacial score (nSPS) is 11.0. The van der Waals surface area contributed by atoms with Gasteiger partial charge < -0.3 is 15.2 Å². The number of H-pyrrole nitrogens is 1. The van der Waals surface area contributed by atoms with Crippen LogP contribution in [0, 0.1) is 0 Å². The highest BCUT2D eigenvalue weighted by Crippen LogP contribution is 2.36. The first kappa shape index (κ1) is 20.7. The van der Waals surface area contributed by atoms with Crippen LogP contribution in [-0.2, 0) is 7.05 Å². The molecule has 2 aromatic heterocycles. The molecule has 10 heteroatoms. The van der Waals surface area contributed by atoms with Gasteiger partial charge in [0.1, 0.15) is 12.4 Å². The molecule has 4 N–H and O–H groups in total. The molecule has 3 aromatic rings. The van der Waals surface area contributed by atoms with E-state index in [9.17, 15) is 4.79 Å². The van der Waals surface area contributed by atoms with E-state index in [0.29, 0.717) is 40.9 Å². The Morgan fingerprint density at radius 3 is 2.79 bits per heavy atom. The quantitative estimate of drug-likeness (QED) is 0.539. The summed E-state index contributed by atoms with van der Waals surface area (Å²) in [6.07, 6.45) is 0.881. The lowest BCUT2D eigenvalue weighted by Crippen LogP contribution is -2.17. The molecule has 9 nitrogen and oxygen atoms in total. The van der Waals surface area contributed by atoms with E-state index in [1.807, 2.05) is 13.8 Å². The van der Waals surface area contributed by atoms with Gasteiger partial charge in [-0.05, 0) is 24.1 Å². The van der Waals surface area contributed by atoms with E-state index in [4.69, 9.17) is 26.8 Å². The predicted molar refractivity (Wildman–Crippen MR) is 111 cm³/mol. The number of ether oxygens (including phenoxy) is 2. The number of aromatic nitrogens is 4. The zero-order valence-electron chi connectivity index (χ0n) is 16.4. The van der Waals surface area contributed by atoms with Gasteiger partial charge in [0.25, 0.3) is 0 Å². The first-order valence-corrected chi connectivity index (χ1v) is 9.45. The molecule has 0 aliphatic rings. The van der Waals surface area contributed by atoms with E-state index >= 15 is 0 Å². The molecule has 3 rings (SSSR count). The first-order valence-electron chi connectivity index (χ1n) is 9.08. The molecule has 0 fully saturated rings. The van der Waals surface area contributed by atoms with Crippen LogP contribution in [-0.4, -0.2) is 39.2 Å². The van der Waals surface area contributed by atoms with Crippen molar-refractivity contribution >= 4 is 23.4 Å². The van der Waals surface area contributed by atoms with Gasteiger partial charge in [-0.25, -0.2) is 4.79 Å². The summed E-state index contributed by atoms with van der Waals surface area (Å²) in [6.45, 7) is 4.73. The third-order valence-corrected chi connectivity index (χ3v) is 4.42. The third kappa shape index (κ3) is 4.87. The van der Waals surface area contributed by atoms with E-state index in [-0.39, 0.29) is 11.8 Å². The van der Waals surface area contributed by atoms with Gasteiger partial charge in [-0.2, -0.15) is 5.10 Å². The molecule has 1 amide bonds. The number of hydrogen-bond donors (Lipinski definition) is 3. The van der Waals surface area contributed by atoms with E-state index in [2.05, 4.69) is 20.6 Å². The molecule has 0 aliphatic heterocycles. The van der Waals surface area contributed by atoms with Gasteiger partial charge in [-0.15, -0.1) is 5.10 Å². The number of amides is 1. The van der Waals surface area contributed by atoms with Crippen molar-refractivity contribution in [3.05, 3.63) is 41.2 Å². The lowest BCUT2D eigenvalue weighted by molar-refractivity contribution is 0.213. The van der Waals surface area contributed by atoms with Crippen LogP contribution in [0.4, 0.5) is 10.5 Å². The number of hydrogen-bond acceptors (Lipinski definition) is 6. The van der Waals surface area contributed by atoms with Crippen molar-refractivity contribution in [2.24, 2.45) is 12.8 Å². The molecule has 2 heterocycles. The number of carbonyl (C=O) groups is 1. The molecule has 0 unspecified atom stereocenters. The molecular weight excluding hydrogens is 396 g/mol. The van der Waals surface area contributed by atoms with Crippen LogP contribution < -0.4 is 20.5 Å². The average Bonchev–Trinajstić information content (AvgIpc) is 3.27. The van der Waals surface area contributed by atoms with Crippen LogP contribution in [0.3, 0.4) is 0 Å². The van der Waals surface area contributed by atoms with Gasteiger partial charge in [0.15, 0.2) is 0 Å². The minimum Gasteiger partial charge on any atom is -0.492 e. The Morgan fingerprint density at radius 1 is 1.38 bits per heavy atom. The van der Waals surface area contributed by atoms with Crippen molar-refractivity contribution < 1.29 is 14.3 Å². The molecular formula is C19H23ClN6O3. The molecule has 0 bridgehead atoms. The van der Waals surface area contributed by atoms with Crippen LogP contribution >= 0.6 is 11.6 Å². The summed E-state index contributed by atoms with van der Waals surface area (Å²) in [5.41, 5.74) is 8.25. The van der Waals surface area contributed by atoms with Gasteiger partial charge in [0.2, 0.25) is 5.88 Å². The molecule has 0 spiro atoms. The number of aryl methyl sites for hydroxylation is 1. The highest BCUT2D eigenvalue weighted by Gasteiger charge is 2.17. The molecule has 0 aliphatic carbocycles. The lowest BCUT2D eigenvalue weighted by atomic mass is 10.1. The summed E-state index contributed by atoms with van der Waals surface area (Å²) in [5.74, 6) is 1.02. The smallest absolute Gasteiger partial charge is 0.418 e. The van der Waals surface area contributed by atoms with Crippen molar-refractivity contribution in [2.45, 2.75) is 19.8 Å². The van der Waals surface area contributed by atoms with Crippen LogP contribution in [0.1, 0.15) is 25.5 Å². The maximum Gasteiger partial charge on any atom is 0.418 e. The zero-order valence-corrected chi connectivity index (χ0v) is 17.2. The summed E-state index contributed by atoms with van der Waals surface area (Å²) in [4.78, 5) is 12.3. The Hall–Kier alpha value is -3.04. The van der Waals surface area contributed by atoms with Crippen molar-refractivity contribution in [3.63, 3.8) is 0 Å². The fourth-order valence-electron chi connectivity index (χ4n) is 2.70. The topological polar surface area (TPSA) is 120 Å². The van der Waals surface area contributed by atoms with Gasteiger partial charge in [0.05, 0.1) is 16.9 Å². The van der Waals surface area contributed by atoms with Gasteiger partial charge in [-0.1, -0.05) is 25.4 Å². The van der Waals surface area contributed by atoms with Crippen LogP contribution in [0.2, 0.25) is 5.02 Å². The molecule has 154 valence electrons. The van der Waals surface area contributed by atoms with Crippen molar-refractivity contribution in [3.8, 4) is 22.9 Å². The Kier molecular flexibility index (Phi) is 6.40. The lowest BCUT2D eigenvalue weighted by Gasteiger charge is -2.14. The summed E-state index contributed by atoms with van der Waals surface area (Å²) < 4.78 is 12.6. The number of nitrogens with zero attached hydrogens (tertiary/aromatic N) is 3. The molecule has 0 saturated carbocycles. The number of aromatic amines is 1. The van der Waals surface area contributed by atoms with E-state index in [1.54, 1.807) is 42.2 Å². The predicted octanol–water partition coefficient (Wildman–Crippen LogP) is 3.54. The molecule has 0 saturated heterocycles. The Labute approximate surface area is 173 Å². The van der Waals surface area contributed by atoms with Gasteiger partial charge in [0, 0.05) is 36.6 Å². The van der Waals surface area contributed by atoms with Crippen LogP contribution in [0.15, 0.2) is 30.5 Å². The first-order chi connectivity index (χ1) is 13.9. The van der Waals surface area contributed by atoms with Crippen molar-refractivity contribution in [2.75, 3.05) is 18.5 Å². The van der Waals surface area contributed by atoms with Gasteiger partial charge in [-0.3, -0.25) is 15.1 Å². The highest BCUT2D eigenvalue weighted by molar-refractivity contribution is 6.33. The van der Waals surface area contributed by atoms with Crippen LogP contribution in [0.5, 0.6) is 11.6 Å². The highest BCUT2D eigenvalue weighted by atomic mass is 35.5. The molecule has 0 radical (unpaired) electrons. The fraction of sp³-hybridized carbons (Fsp3) is 0.316. The Bertz CT molecular complexity index is 978.